The monoisotopic (exact) mass is 363 g/mol. The third kappa shape index (κ3) is 3.35. The molecule has 1 amide bonds. The van der Waals surface area contributed by atoms with Crippen molar-refractivity contribution in [2.45, 2.75) is 19.4 Å². The largest absolute Gasteiger partial charge is 0.366 e. The number of thiazole rings is 1. The second kappa shape index (κ2) is 7.30. The number of carbonyl (C=O) groups excluding carboxylic acids is 1. The van der Waals surface area contributed by atoms with Crippen molar-refractivity contribution in [1.82, 2.24) is 10.3 Å². The van der Waals surface area contributed by atoms with Crippen LogP contribution in [0.2, 0.25) is 0 Å². The van der Waals surface area contributed by atoms with Gasteiger partial charge in [-0.1, -0.05) is 48.5 Å². The number of hydrogen-bond acceptors (Lipinski definition) is 4. The Labute approximate surface area is 157 Å². The summed E-state index contributed by atoms with van der Waals surface area (Å²) in [6.45, 7) is 3.78. The first-order valence-electron chi connectivity index (χ1n) is 8.86. The van der Waals surface area contributed by atoms with Gasteiger partial charge in [-0.05, 0) is 25.0 Å². The molecule has 132 valence electrons. The van der Waals surface area contributed by atoms with Crippen LogP contribution < -0.4 is 10.2 Å². The quantitative estimate of drug-likeness (QED) is 0.745. The van der Waals surface area contributed by atoms with Crippen LogP contribution in [-0.4, -0.2) is 30.0 Å². The molecule has 0 saturated carbocycles. The highest BCUT2D eigenvalue weighted by Gasteiger charge is 2.23. The number of carbonyl (C=O) groups is 1. The van der Waals surface area contributed by atoms with Crippen LogP contribution in [0.5, 0.6) is 0 Å². The Morgan fingerprint density at radius 1 is 1.19 bits per heavy atom. The molecular formula is C21H21N3OS. The van der Waals surface area contributed by atoms with Crippen LogP contribution in [0.25, 0.3) is 10.6 Å². The van der Waals surface area contributed by atoms with Gasteiger partial charge in [0.05, 0.1) is 6.20 Å². The molecule has 5 heteroatoms. The normalized spacial score (nSPS) is 14.1. The average molecular weight is 363 g/mol. The minimum absolute atomic E-state index is 0.0518. The molecule has 4 nitrogen and oxygen atoms in total. The molecule has 26 heavy (non-hydrogen) atoms. The van der Waals surface area contributed by atoms with E-state index in [2.05, 4.69) is 46.4 Å². The molecule has 0 aliphatic carbocycles. The summed E-state index contributed by atoms with van der Waals surface area (Å²) in [5.74, 6) is -0.0518. The van der Waals surface area contributed by atoms with Gasteiger partial charge in [-0.3, -0.25) is 4.79 Å². The summed E-state index contributed by atoms with van der Waals surface area (Å²) in [6, 6.07) is 18.7. The van der Waals surface area contributed by atoms with E-state index in [0.29, 0.717) is 11.4 Å². The van der Waals surface area contributed by atoms with Crippen molar-refractivity contribution >= 4 is 22.9 Å². The molecule has 1 aliphatic heterocycles. The van der Waals surface area contributed by atoms with Crippen LogP contribution in [0.15, 0.2) is 60.8 Å². The van der Waals surface area contributed by atoms with Crippen molar-refractivity contribution in [3.63, 3.8) is 0 Å². The Hall–Kier alpha value is -2.66. The van der Waals surface area contributed by atoms with Crippen molar-refractivity contribution in [2.75, 3.05) is 18.0 Å². The van der Waals surface area contributed by atoms with E-state index in [-0.39, 0.29) is 11.9 Å². The van der Waals surface area contributed by atoms with Crippen molar-refractivity contribution < 1.29 is 4.79 Å². The van der Waals surface area contributed by atoms with E-state index in [9.17, 15) is 4.79 Å². The number of nitrogens with one attached hydrogen (secondary N) is 1. The highest BCUT2D eigenvalue weighted by molar-refractivity contribution is 7.16. The maximum absolute atomic E-state index is 12.5. The average Bonchev–Trinajstić information content (AvgIpc) is 3.34. The van der Waals surface area contributed by atoms with Gasteiger partial charge in [-0.25, -0.2) is 4.98 Å². The fraction of sp³-hybridized carbons (Fsp3) is 0.238. The summed E-state index contributed by atoms with van der Waals surface area (Å²) in [7, 11) is 0. The number of rotatable bonds is 5. The van der Waals surface area contributed by atoms with Gasteiger partial charge >= 0.3 is 0 Å². The maximum atomic E-state index is 12.5. The number of anilines is 1. The topological polar surface area (TPSA) is 45.2 Å². The van der Waals surface area contributed by atoms with Crippen LogP contribution in [-0.2, 0) is 6.42 Å². The zero-order chi connectivity index (χ0) is 17.9. The molecule has 1 N–H and O–H groups in total. The van der Waals surface area contributed by atoms with Gasteiger partial charge in [-0.15, -0.1) is 11.3 Å². The lowest BCUT2D eigenvalue weighted by molar-refractivity contribution is 0.0955. The number of para-hydroxylation sites is 1. The lowest BCUT2D eigenvalue weighted by Gasteiger charge is -2.27. The number of amides is 1. The first-order valence-corrected chi connectivity index (χ1v) is 9.68. The molecule has 1 aromatic heterocycles. The molecule has 2 heterocycles. The van der Waals surface area contributed by atoms with Crippen molar-refractivity contribution in [3.05, 3.63) is 71.2 Å². The predicted octanol–water partition coefficient (Wildman–Crippen LogP) is 3.99. The Bertz CT molecular complexity index is 906. The Morgan fingerprint density at radius 3 is 2.81 bits per heavy atom. The van der Waals surface area contributed by atoms with E-state index in [4.69, 9.17) is 0 Å². The van der Waals surface area contributed by atoms with Crippen LogP contribution in [0.4, 0.5) is 5.69 Å². The number of aromatic nitrogens is 1. The van der Waals surface area contributed by atoms with E-state index in [0.717, 1.165) is 23.5 Å². The second-order valence-corrected chi connectivity index (χ2v) is 7.56. The second-order valence-electron chi connectivity index (χ2n) is 6.53. The smallest absolute Gasteiger partial charge is 0.263 e. The first-order chi connectivity index (χ1) is 12.7. The van der Waals surface area contributed by atoms with Crippen LogP contribution in [0, 0.1) is 0 Å². The molecule has 4 rings (SSSR count). The molecule has 3 aromatic rings. The molecule has 0 spiro atoms. The Balaban J connectivity index is 1.38. The van der Waals surface area contributed by atoms with Gasteiger partial charge in [-0.2, -0.15) is 0 Å². The molecule has 0 bridgehead atoms. The SMILES string of the molecule is CC(CNC(=O)c1cnc(-c2ccccc2)s1)N1CCc2ccccc21. The molecular weight excluding hydrogens is 342 g/mol. The van der Waals surface area contributed by atoms with E-state index in [1.807, 2.05) is 30.3 Å². The molecule has 1 atom stereocenters. The summed E-state index contributed by atoms with van der Waals surface area (Å²) in [6.07, 6.45) is 2.74. The lowest BCUT2D eigenvalue weighted by Crippen LogP contribution is -2.41. The third-order valence-electron chi connectivity index (χ3n) is 4.76. The standard InChI is InChI=1S/C21H21N3OS/c1-15(24-12-11-16-7-5-6-10-18(16)24)13-22-20(25)19-14-23-21(26-19)17-8-3-2-4-9-17/h2-10,14-15H,11-13H2,1H3,(H,22,25). The zero-order valence-corrected chi connectivity index (χ0v) is 15.5. The molecule has 1 unspecified atom stereocenters. The number of hydrogen-bond donors (Lipinski definition) is 1. The highest BCUT2D eigenvalue weighted by Crippen LogP contribution is 2.29. The summed E-state index contributed by atoms with van der Waals surface area (Å²) < 4.78 is 0. The molecule has 0 fully saturated rings. The van der Waals surface area contributed by atoms with E-state index >= 15 is 0 Å². The van der Waals surface area contributed by atoms with Gasteiger partial charge in [0, 0.05) is 30.4 Å². The Morgan fingerprint density at radius 2 is 1.96 bits per heavy atom. The maximum Gasteiger partial charge on any atom is 0.263 e. The fourth-order valence-electron chi connectivity index (χ4n) is 3.35. The van der Waals surface area contributed by atoms with E-state index in [1.165, 1.54) is 22.6 Å². The number of nitrogens with zero attached hydrogens (tertiary/aromatic N) is 2. The van der Waals surface area contributed by atoms with Gasteiger partial charge in [0.2, 0.25) is 0 Å². The third-order valence-corrected chi connectivity index (χ3v) is 5.81. The van der Waals surface area contributed by atoms with E-state index in [1.54, 1.807) is 6.20 Å². The van der Waals surface area contributed by atoms with Gasteiger partial charge in [0.15, 0.2) is 0 Å². The minimum atomic E-state index is -0.0518. The van der Waals surface area contributed by atoms with Crippen molar-refractivity contribution in [2.24, 2.45) is 0 Å². The number of benzene rings is 2. The van der Waals surface area contributed by atoms with Gasteiger partial charge in [0.1, 0.15) is 9.88 Å². The van der Waals surface area contributed by atoms with Crippen molar-refractivity contribution in [1.29, 1.82) is 0 Å². The van der Waals surface area contributed by atoms with E-state index < -0.39 is 0 Å². The summed E-state index contributed by atoms with van der Waals surface area (Å²) >= 11 is 1.43. The summed E-state index contributed by atoms with van der Waals surface area (Å²) in [5, 5.41) is 3.93. The molecule has 0 radical (unpaired) electrons. The zero-order valence-electron chi connectivity index (χ0n) is 14.7. The van der Waals surface area contributed by atoms with Crippen LogP contribution in [0.3, 0.4) is 0 Å². The lowest BCUT2D eigenvalue weighted by atomic mass is 10.2. The number of fused-ring (bicyclic) bond motifs is 1. The van der Waals surface area contributed by atoms with Gasteiger partial charge < -0.3 is 10.2 Å². The van der Waals surface area contributed by atoms with Crippen LogP contribution in [0.1, 0.15) is 22.2 Å². The molecule has 2 aromatic carbocycles. The van der Waals surface area contributed by atoms with Crippen LogP contribution >= 0.6 is 11.3 Å². The predicted molar refractivity (Wildman–Crippen MR) is 107 cm³/mol. The fourth-order valence-corrected chi connectivity index (χ4v) is 4.19. The Kier molecular flexibility index (Phi) is 4.71. The first kappa shape index (κ1) is 16.8. The highest BCUT2D eigenvalue weighted by atomic mass is 32.1. The van der Waals surface area contributed by atoms with Crippen molar-refractivity contribution in [3.8, 4) is 10.6 Å². The van der Waals surface area contributed by atoms with Gasteiger partial charge in [0.25, 0.3) is 5.91 Å². The molecule has 1 aliphatic rings. The summed E-state index contributed by atoms with van der Waals surface area (Å²) in [5.41, 5.74) is 3.72. The summed E-state index contributed by atoms with van der Waals surface area (Å²) in [4.78, 5) is 19.9. The molecule has 0 saturated heterocycles. The minimum Gasteiger partial charge on any atom is -0.366 e.